The van der Waals surface area contributed by atoms with Crippen LogP contribution in [0.15, 0.2) is 36.4 Å². The zero-order chi connectivity index (χ0) is 13.5. The molecule has 0 amide bonds. The van der Waals surface area contributed by atoms with Gasteiger partial charge in [-0.1, -0.05) is 51.3 Å². The summed E-state index contributed by atoms with van der Waals surface area (Å²) in [4.78, 5) is 4.69. The molecule has 2 rings (SSSR count). The maximum absolute atomic E-state index is 4.69. The van der Waals surface area contributed by atoms with Crippen molar-refractivity contribution >= 4 is 16.7 Å². The number of anilines is 1. The number of nitrogens with one attached hydrogen (secondary N) is 1. The summed E-state index contributed by atoms with van der Waals surface area (Å²) >= 11 is 0. The molecule has 0 aliphatic heterocycles. The van der Waals surface area contributed by atoms with E-state index < -0.39 is 0 Å². The first-order valence-corrected chi connectivity index (χ1v) is 7.45. The first kappa shape index (κ1) is 13.9. The van der Waals surface area contributed by atoms with Crippen LogP contribution in [0.25, 0.3) is 10.9 Å². The van der Waals surface area contributed by atoms with Gasteiger partial charge in [-0.2, -0.15) is 0 Å². The highest BCUT2D eigenvalue weighted by molar-refractivity contribution is 5.80. The van der Waals surface area contributed by atoms with Gasteiger partial charge in [0, 0.05) is 11.4 Å². The van der Waals surface area contributed by atoms with Crippen molar-refractivity contribution in [3.63, 3.8) is 0 Å². The van der Waals surface area contributed by atoms with E-state index >= 15 is 0 Å². The first-order chi connectivity index (χ1) is 9.33. The van der Waals surface area contributed by atoms with Crippen LogP contribution in [0.5, 0.6) is 0 Å². The molecular weight excluding hydrogens is 232 g/mol. The second-order valence-electron chi connectivity index (χ2n) is 5.16. The van der Waals surface area contributed by atoms with E-state index in [9.17, 15) is 0 Å². The van der Waals surface area contributed by atoms with Crippen molar-refractivity contribution in [2.45, 2.75) is 52.0 Å². The lowest BCUT2D eigenvalue weighted by molar-refractivity contribution is 0.563. The highest BCUT2D eigenvalue weighted by Crippen LogP contribution is 2.17. The molecule has 1 heterocycles. The van der Waals surface area contributed by atoms with Gasteiger partial charge in [-0.15, -0.1) is 0 Å². The molecule has 19 heavy (non-hydrogen) atoms. The standard InChI is InChI=1S/C17H24N2/c1-3-5-10-15(8-4-2)18-17-13-12-14-9-6-7-11-16(14)19-17/h6-7,9,11-13,15H,3-5,8,10H2,1-2H3,(H,18,19). The molecular formula is C17H24N2. The molecule has 1 N–H and O–H groups in total. The highest BCUT2D eigenvalue weighted by Gasteiger charge is 2.08. The molecule has 0 aliphatic carbocycles. The maximum atomic E-state index is 4.69. The van der Waals surface area contributed by atoms with Gasteiger partial charge >= 0.3 is 0 Å². The van der Waals surface area contributed by atoms with E-state index in [1.54, 1.807) is 0 Å². The van der Waals surface area contributed by atoms with Gasteiger partial charge in [-0.05, 0) is 31.0 Å². The molecule has 2 nitrogen and oxygen atoms in total. The average Bonchev–Trinajstić information content (AvgIpc) is 2.45. The van der Waals surface area contributed by atoms with Gasteiger partial charge in [0.15, 0.2) is 0 Å². The number of para-hydroxylation sites is 1. The van der Waals surface area contributed by atoms with Crippen LogP contribution in [-0.4, -0.2) is 11.0 Å². The number of pyridine rings is 1. The minimum Gasteiger partial charge on any atom is -0.367 e. The largest absolute Gasteiger partial charge is 0.367 e. The number of benzene rings is 1. The molecule has 2 aromatic rings. The fraction of sp³-hybridized carbons (Fsp3) is 0.471. The Morgan fingerprint density at radius 3 is 2.63 bits per heavy atom. The summed E-state index contributed by atoms with van der Waals surface area (Å²) < 4.78 is 0. The Balaban J connectivity index is 2.09. The van der Waals surface area contributed by atoms with E-state index in [0.717, 1.165) is 11.3 Å². The lowest BCUT2D eigenvalue weighted by atomic mass is 10.1. The number of fused-ring (bicyclic) bond motifs is 1. The molecule has 1 unspecified atom stereocenters. The third kappa shape index (κ3) is 3.95. The van der Waals surface area contributed by atoms with Crippen molar-refractivity contribution < 1.29 is 0 Å². The summed E-state index contributed by atoms with van der Waals surface area (Å²) in [5.41, 5.74) is 1.07. The van der Waals surface area contributed by atoms with Crippen molar-refractivity contribution in [3.8, 4) is 0 Å². The molecule has 0 saturated carbocycles. The molecule has 1 atom stereocenters. The SMILES string of the molecule is CCCCC(CCC)Nc1ccc2ccccc2n1. The van der Waals surface area contributed by atoms with Crippen LogP contribution in [0.3, 0.4) is 0 Å². The highest BCUT2D eigenvalue weighted by atomic mass is 15.0. The lowest BCUT2D eigenvalue weighted by Gasteiger charge is -2.18. The normalized spacial score (nSPS) is 12.5. The number of aromatic nitrogens is 1. The van der Waals surface area contributed by atoms with Gasteiger partial charge in [-0.3, -0.25) is 0 Å². The summed E-state index contributed by atoms with van der Waals surface area (Å²) in [6.45, 7) is 4.49. The van der Waals surface area contributed by atoms with Crippen LogP contribution in [0.1, 0.15) is 46.0 Å². The second-order valence-corrected chi connectivity index (χ2v) is 5.16. The summed E-state index contributed by atoms with van der Waals surface area (Å²) in [6.07, 6.45) is 6.21. The fourth-order valence-electron chi connectivity index (χ4n) is 2.44. The Kier molecular flexibility index (Phi) is 5.20. The third-order valence-electron chi connectivity index (χ3n) is 3.49. The average molecular weight is 256 g/mol. The van der Waals surface area contributed by atoms with Crippen molar-refractivity contribution in [3.05, 3.63) is 36.4 Å². The number of unbranched alkanes of at least 4 members (excludes halogenated alkanes) is 1. The minimum absolute atomic E-state index is 0.554. The monoisotopic (exact) mass is 256 g/mol. The van der Waals surface area contributed by atoms with Gasteiger partial charge in [0.1, 0.15) is 5.82 Å². The molecule has 2 heteroatoms. The summed E-state index contributed by atoms with van der Waals surface area (Å²) in [6, 6.07) is 13.1. The Morgan fingerprint density at radius 2 is 1.84 bits per heavy atom. The number of hydrogen-bond donors (Lipinski definition) is 1. The van der Waals surface area contributed by atoms with Gasteiger partial charge < -0.3 is 5.32 Å². The smallest absolute Gasteiger partial charge is 0.126 e. The van der Waals surface area contributed by atoms with Crippen molar-refractivity contribution in [2.75, 3.05) is 5.32 Å². The van der Waals surface area contributed by atoms with Crippen LogP contribution >= 0.6 is 0 Å². The topological polar surface area (TPSA) is 24.9 Å². The van der Waals surface area contributed by atoms with Gasteiger partial charge in [0.2, 0.25) is 0 Å². The zero-order valence-electron chi connectivity index (χ0n) is 12.0. The number of hydrogen-bond acceptors (Lipinski definition) is 2. The molecule has 0 saturated heterocycles. The van der Waals surface area contributed by atoms with Crippen LogP contribution in [0, 0.1) is 0 Å². The summed E-state index contributed by atoms with van der Waals surface area (Å²) in [5, 5.41) is 4.80. The molecule has 1 aromatic heterocycles. The van der Waals surface area contributed by atoms with Crippen LogP contribution < -0.4 is 5.32 Å². The molecule has 0 aliphatic rings. The lowest BCUT2D eigenvalue weighted by Crippen LogP contribution is -2.19. The van der Waals surface area contributed by atoms with Crippen molar-refractivity contribution in [1.29, 1.82) is 0 Å². The molecule has 0 fully saturated rings. The predicted molar refractivity (Wildman–Crippen MR) is 83.6 cm³/mol. The zero-order valence-corrected chi connectivity index (χ0v) is 12.0. The van der Waals surface area contributed by atoms with E-state index in [2.05, 4.69) is 49.5 Å². The first-order valence-electron chi connectivity index (χ1n) is 7.45. The van der Waals surface area contributed by atoms with E-state index in [4.69, 9.17) is 4.98 Å². The molecule has 1 aromatic carbocycles. The van der Waals surface area contributed by atoms with Crippen molar-refractivity contribution in [1.82, 2.24) is 4.98 Å². The maximum Gasteiger partial charge on any atom is 0.126 e. The molecule has 0 bridgehead atoms. The fourth-order valence-corrected chi connectivity index (χ4v) is 2.44. The molecule has 0 spiro atoms. The summed E-state index contributed by atoms with van der Waals surface area (Å²) in [5.74, 6) is 1.01. The predicted octanol–water partition coefficient (Wildman–Crippen LogP) is 5.01. The number of nitrogens with zero attached hydrogens (tertiary/aromatic N) is 1. The Labute approximate surface area is 116 Å². The van der Waals surface area contributed by atoms with Crippen LogP contribution in [-0.2, 0) is 0 Å². The van der Waals surface area contributed by atoms with Crippen molar-refractivity contribution in [2.24, 2.45) is 0 Å². The Hall–Kier alpha value is -1.57. The molecule has 0 radical (unpaired) electrons. The quantitative estimate of drug-likeness (QED) is 0.753. The van der Waals surface area contributed by atoms with E-state index in [1.165, 1.54) is 37.5 Å². The third-order valence-corrected chi connectivity index (χ3v) is 3.49. The Bertz CT molecular complexity index is 507. The van der Waals surface area contributed by atoms with Crippen LogP contribution in [0.4, 0.5) is 5.82 Å². The second kappa shape index (κ2) is 7.13. The van der Waals surface area contributed by atoms with E-state index in [-0.39, 0.29) is 0 Å². The van der Waals surface area contributed by atoms with E-state index in [1.807, 2.05) is 6.07 Å². The van der Waals surface area contributed by atoms with Gasteiger partial charge in [0.05, 0.1) is 5.52 Å². The van der Waals surface area contributed by atoms with E-state index in [0.29, 0.717) is 6.04 Å². The molecule has 102 valence electrons. The summed E-state index contributed by atoms with van der Waals surface area (Å²) in [7, 11) is 0. The number of rotatable bonds is 7. The Morgan fingerprint density at radius 1 is 1.00 bits per heavy atom. The minimum atomic E-state index is 0.554. The van der Waals surface area contributed by atoms with Gasteiger partial charge in [0.25, 0.3) is 0 Å². The van der Waals surface area contributed by atoms with Crippen LogP contribution in [0.2, 0.25) is 0 Å². The van der Waals surface area contributed by atoms with Gasteiger partial charge in [-0.25, -0.2) is 4.98 Å².